The molecule has 0 fully saturated rings. The third kappa shape index (κ3) is 5.37. The summed E-state index contributed by atoms with van der Waals surface area (Å²) in [6.45, 7) is 1.73. The zero-order valence-corrected chi connectivity index (χ0v) is 13.7. The summed E-state index contributed by atoms with van der Waals surface area (Å²) >= 11 is 0. The van der Waals surface area contributed by atoms with Gasteiger partial charge in [0, 0.05) is 48.8 Å². The third-order valence-corrected chi connectivity index (χ3v) is 3.62. The van der Waals surface area contributed by atoms with Crippen LogP contribution < -0.4 is 10.6 Å². The van der Waals surface area contributed by atoms with E-state index in [1.807, 2.05) is 24.3 Å². The van der Waals surface area contributed by atoms with Gasteiger partial charge in [-0.15, -0.1) is 0 Å². The summed E-state index contributed by atoms with van der Waals surface area (Å²) in [7, 11) is 0. The molecular formula is C19H24N2O3. The second kappa shape index (κ2) is 9.70. The molecule has 5 nitrogen and oxygen atoms in total. The lowest BCUT2D eigenvalue weighted by Crippen LogP contribution is -2.06. The fourth-order valence-corrected chi connectivity index (χ4v) is 2.27. The summed E-state index contributed by atoms with van der Waals surface area (Å²) in [4.78, 5) is 12.5. The summed E-state index contributed by atoms with van der Waals surface area (Å²) in [5, 5.41) is 23.9. The molecule has 0 spiro atoms. The van der Waals surface area contributed by atoms with Crippen LogP contribution in [-0.2, 0) is 0 Å². The number of carbonyl (C=O) groups excluding carboxylic acids is 1. The van der Waals surface area contributed by atoms with Gasteiger partial charge in [0.15, 0.2) is 5.78 Å². The van der Waals surface area contributed by atoms with E-state index in [9.17, 15) is 4.79 Å². The Hall–Kier alpha value is -2.37. The molecule has 0 unspecified atom stereocenters. The number of aliphatic hydroxyl groups is 2. The molecule has 0 aliphatic heterocycles. The molecule has 0 saturated heterocycles. The molecular weight excluding hydrogens is 304 g/mol. The summed E-state index contributed by atoms with van der Waals surface area (Å²) in [6.07, 6.45) is 1.39. The van der Waals surface area contributed by atoms with E-state index in [0.29, 0.717) is 37.1 Å². The molecule has 24 heavy (non-hydrogen) atoms. The van der Waals surface area contributed by atoms with Crippen molar-refractivity contribution >= 4 is 17.2 Å². The molecule has 128 valence electrons. The van der Waals surface area contributed by atoms with Gasteiger partial charge >= 0.3 is 0 Å². The lowest BCUT2D eigenvalue weighted by molar-refractivity contribution is 0.103. The van der Waals surface area contributed by atoms with Gasteiger partial charge in [-0.25, -0.2) is 0 Å². The topological polar surface area (TPSA) is 81.6 Å². The van der Waals surface area contributed by atoms with E-state index >= 15 is 0 Å². The first-order chi connectivity index (χ1) is 11.7. The lowest BCUT2D eigenvalue weighted by Gasteiger charge is -2.08. The highest BCUT2D eigenvalue weighted by Crippen LogP contribution is 2.16. The second-order valence-electron chi connectivity index (χ2n) is 5.49. The van der Waals surface area contributed by atoms with E-state index < -0.39 is 0 Å². The van der Waals surface area contributed by atoms with Crippen molar-refractivity contribution < 1.29 is 15.0 Å². The first kappa shape index (κ1) is 18.0. The number of ketones is 1. The predicted molar refractivity (Wildman–Crippen MR) is 96.7 cm³/mol. The molecule has 0 atom stereocenters. The minimum Gasteiger partial charge on any atom is -0.396 e. The average molecular weight is 328 g/mol. The van der Waals surface area contributed by atoms with Crippen molar-refractivity contribution in [1.29, 1.82) is 0 Å². The highest BCUT2D eigenvalue weighted by atomic mass is 16.3. The summed E-state index contributed by atoms with van der Waals surface area (Å²) < 4.78 is 0. The van der Waals surface area contributed by atoms with E-state index in [0.717, 1.165) is 11.4 Å². The summed E-state index contributed by atoms with van der Waals surface area (Å²) in [5.41, 5.74) is 3.15. The van der Waals surface area contributed by atoms with Gasteiger partial charge in [-0.2, -0.15) is 0 Å². The number of benzene rings is 2. The Balaban J connectivity index is 1.95. The third-order valence-electron chi connectivity index (χ3n) is 3.62. The maximum atomic E-state index is 12.5. The fraction of sp³-hybridized carbons (Fsp3) is 0.316. The van der Waals surface area contributed by atoms with E-state index in [-0.39, 0.29) is 19.0 Å². The Morgan fingerprint density at radius 2 is 1.08 bits per heavy atom. The van der Waals surface area contributed by atoms with Gasteiger partial charge < -0.3 is 20.8 Å². The van der Waals surface area contributed by atoms with Crippen molar-refractivity contribution in [3.8, 4) is 0 Å². The molecule has 0 heterocycles. The molecule has 2 rings (SSSR count). The normalized spacial score (nSPS) is 10.4. The van der Waals surface area contributed by atoms with Crippen molar-refractivity contribution in [3.63, 3.8) is 0 Å². The van der Waals surface area contributed by atoms with Gasteiger partial charge in [-0.05, 0) is 61.4 Å². The van der Waals surface area contributed by atoms with E-state index in [4.69, 9.17) is 10.2 Å². The van der Waals surface area contributed by atoms with Crippen molar-refractivity contribution in [2.75, 3.05) is 36.9 Å². The number of nitrogens with one attached hydrogen (secondary N) is 2. The molecule has 0 aliphatic carbocycles. The van der Waals surface area contributed by atoms with Crippen LogP contribution in [0.5, 0.6) is 0 Å². The number of anilines is 2. The SMILES string of the molecule is O=C(c1ccc(NCCCO)cc1)c1ccc(NCCCO)cc1. The van der Waals surface area contributed by atoms with Gasteiger partial charge in [0.2, 0.25) is 0 Å². The van der Waals surface area contributed by atoms with E-state index in [2.05, 4.69) is 10.6 Å². The molecule has 4 N–H and O–H groups in total. The molecule has 0 saturated carbocycles. The van der Waals surface area contributed by atoms with E-state index in [1.54, 1.807) is 24.3 Å². The molecule has 0 aromatic heterocycles. The Morgan fingerprint density at radius 1 is 0.708 bits per heavy atom. The smallest absolute Gasteiger partial charge is 0.193 e. The molecule has 0 aliphatic rings. The van der Waals surface area contributed by atoms with Gasteiger partial charge in [-0.3, -0.25) is 4.79 Å². The Kier molecular flexibility index (Phi) is 7.26. The molecule has 2 aromatic rings. The lowest BCUT2D eigenvalue weighted by atomic mass is 10.0. The van der Waals surface area contributed by atoms with Crippen LogP contribution in [0, 0.1) is 0 Å². The monoisotopic (exact) mass is 328 g/mol. The zero-order chi connectivity index (χ0) is 17.2. The van der Waals surface area contributed by atoms with Crippen LogP contribution in [0.4, 0.5) is 11.4 Å². The van der Waals surface area contributed by atoms with Crippen molar-refractivity contribution in [3.05, 3.63) is 59.7 Å². The van der Waals surface area contributed by atoms with Crippen molar-refractivity contribution in [1.82, 2.24) is 0 Å². The Bertz CT molecular complexity index is 569. The van der Waals surface area contributed by atoms with Crippen LogP contribution in [0.15, 0.2) is 48.5 Å². The van der Waals surface area contributed by atoms with Gasteiger partial charge in [0.05, 0.1) is 0 Å². The standard InChI is InChI=1S/C19H24N2O3/c22-13-1-11-20-17-7-3-15(4-8-17)19(24)16-5-9-18(10-6-16)21-12-2-14-23/h3-10,20-23H,1-2,11-14H2. The van der Waals surface area contributed by atoms with Crippen LogP contribution in [0.1, 0.15) is 28.8 Å². The maximum Gasteiger partial charge on any atom is 0.193 e. The number of hydrogen-bond donors (Lipinski definition) is 4. The summed E-state index contributed by atoms with van der Waals surface area (Å²) in [5.74, 6) is -0.0150. The predicted octanol–water partition coefficient (Wildman–Crippen LogP) is 2.51. The first-order valence-electron chi connectivity index (χ1n) is 8.19. The highest BCUT2D eigenvalue weighted by Gasteiger charge is 2.08. The van der Waals surface area contributed by atoms with Crippen LogP contribution in [0.3, 0.4) is 0 Å². The van der Waals surface area contributed by atoms with Gasteiger partial charge in [0.25, 0.3) is 0 Å². The minimum atomic E-state index is -0.0150. The highest BCUT2D eigenvalue weighted by molar-refractivity contribution is 6.09. The largest absolute Gasteiger partial charge is 0.396 e. The molecule has 0 radical (unpaired) electrons. The Labute approximate surface area is 142 Å². The molecule has 5 heteroatoms. The molecule has 2 aromatic carbocycles. The van der Waals surface area contributed by atoms with Crippen molar-refractivity contribution in [2.45, 2.75) is 12.8 Å². The second-order valence-corrected chi connectivity index (χ2v) is 5.49. The summed E-state index contributed by atoms with van der Waals surface area (Å²) in [6, 6.07) is 14.7. The minimum absolute atomic E-state index is 0.0150. The van der Waals surface area contributed by atoms with Gasteiger partial charge in [-0.1, -0.05) is 0 Å². The number of rotatable bonds is 10. The van der Waals surface area contributed by atoms with Crippen LogP contribution in [0.25, 0.3) is 0 Å². The van der Waals surface area contributed by atoms with Crippen LogP contribution in [0.2, 0.25) is 0 Å². The molecule has 0 amide bonds. The van der Waals surface area contributed by atoms with Crippen molar-refractivity contribution in [2.24, 2.45) is 0 Å². The van der Waals surface area contributed by atoms with Crippen LogP contribution in [-0.4, -0.2) is 42.3 Å². The first-order valence-corrected chi connectivity index (χ1v) is 8.19. The van der Waals surface area contributed by atoms with E-state index in [1.165, 1.54) is 0 Å². The quantitative estimate of drug-likeness (QED) is 0.398. The Morgan fingerprint density at radius 3 is 1.42 bits per heavy atom. The fourth-order valence-electron chi connectivity index (χ4n) is 2.27. The number of aliphatic hydroxyl groups excluding tert-OH is 2. The zero-order valence-electron chi connectivity index (χ0n) is 13.7. The number of carbonyl (C=O) groups is 1. The van der Waals surface area contributed by atoms with Gasteiger partial charge in [0.1, 0.15) is 0 Å². The maximum absolute atomic E-state index is 12.5. The average Bonchev–Trinajstić information content (AvgIpc) is 2.63. The molecule has 0 bridgehead atoms. The van der Waals surface area contributed by atoms with Crippen LogP contribution >= 0.6 is 0 Å². The number of hydrogen-bond acceptors (Lipinski definition) is 5.